The zero-order valence-corrected chi connectivity index (χ0v) is 18.6. The zero-order chi connectivity index (χ0) is 22.6. The minimum absolute atomic E-state index is 0.276. The van der Waals surface area contributed by atoms with Crippen molar-refractivity contribution in [2.75, 3.05) is 37.7 Å². The molecule has 1 amide bonds. The van der Waals surface area contributed by atoms with Crippen molar-refractivity contribution in [1.29, 1.82) is 0 Å². The van der Waals surface area contributed by atoms with Crippen LogP contribution in [0.15, 0.2) is 42.7 Å². The first-order valence-electron chi connectivity index (χ1n) is 10.6. The molecule has 2 aromatic heterocycles. The Morgan fingerprint density at radius 3 is 2.59 bits per heavy atom. The molecule has 0 aliphatic carbocycles. The number of H-pyrrole nitrogens is 1. The maximum Gasteiger partial charge on any atom is 0.410 e. The number of carbonyl (C=O) groups excluding carboxylic acids is 1. The molecular formula is C24H27N5O3. The first kappa shape index (κ1) is 21.5. The molecule has 3 heterocycles. The van der Waals surface area contributed by atoms with Crippen molar-refractivity contribution < 1.29 is 14.3 Å². The van der Waals surface area contributed by atoms with Gasteiger partial charge in [-0.1, -0.05) is 24.1 Å². The van der Waals surface area contributed by atoms with E-state index >= 15 is 0 Å². The Hall–Kier alpha value is -3.73. The molecule has 1 fully saturated rings. The van der Waals surface area contributed by atoms with E-state index in [2.05, 4.69) is 31.7 Å². The van der Waals surface area contributed by atoms with Crippen LogP contribution in [0, 0.1) is 11.8 Å². The number of rotatable bonds is 3. The molecule has 0 saturated carbocycles. The first-order chi connectivity index (χ1) is 15.4. The van der Waals surface area contributed by atoms with Gasteiger partial charge in [-0.15, -0.1) is 0 Å². The Kier molecular flexibility index (Phi) is 6.17. The molecule has 1 N–H and O–H groups in total. The fraction of sp³-hybridized carbons (Fsp3) is 0.375. The van der Waals surface area contributed by atoms with Gasteiger partial charge in [0.15, 0.2) is 0 Å². The molecule has 0 unspecified atom stereocenters. The number of nitrogens with one attached hydrogen (secondary N) is 1. The third-order valence-electron chi connectivity index (χ3n) is 4.91. The zero-order valence-electron chi connectivity index (χ0n) is 18.6. The highest BCUT2D eigenvalue weighted by molar-refractivity contribution is 5.89. The topological polar surface area (TPSA) is 83.6 Å². The average molecular weight is 434 g/mol. The molecule has 1 aliphatic heterocycles. The molecule has 0 bridgehead atoms. The molecule has 8 heteroatoms. The third kappa shape index (κ3) is 5.30. The Labute approximate surface area is 187 Å². The molecule has 4 rings (SSSR count). The number of para-hydroxylation sites is 1. The van der Waals surface area contributed by atoms with Crippen LogP contribution in [0.2, 0.25) is 0 Å². The van der Waals surface area contributed by atoms with E-state index in [-0.39, 0.29) is 6.09 Å². The summed E-state index contributed by atoms with van der Waals surface area (Å²) in [5, 5.41) is 0.909. The summed E-state index contributed by atoms with van der Waals surface area (Å²) in [6.45, 7) is 8.41. The molecular weight excluding hydrogens is 406 g/mol. The van der Waals surface area contributed by atoms with Crippen molar-refractivity contribution in [2.45, 2.75) is 26.4 Å². The van der Waals surface area contributed by atoms with Gasteiger partial charge in [0, 0.05) is 26.2 Å². The molecule has 166 valence electrons. The number of ether oxygens (including phenoxy) is 2. The second kappa shape index (κ2) is 9.18. The second-order valence-electron chi connectivity index (χ2n) is 8.50. The summed E-state index contributed by atoms with van der Waals surface area (Å²) in [4.78, 5) is 28.3. The van der Waals surface area contributed by atoms with E-state index in [0.717, 1.165) is 28.3 Å². The van der Waals surface area contributed by atoms with Gasteiger partial charge in [-0.3, -0.25) is 0 Å². The molecule has 3 aromatic rings. The van der Waals surface area contributed by atoms with E-state index < -0.39 is 5.60 Å². The molecule has 0 atom stereocenters. The third-order valence-corrected chi connectivity index (χ3v) is 4.91. The number of anilines is 1. The van der Waals surface area contributed by atoms with Gasteiger partial charge >= 0.3 is 6.09 Å². The molecule has 1 aromatic carbocycles. The number of fused-ring (bicyclic) bond motifs is 1. The van der Waals surface area contributed by atoms with Crippen molar-refractivity contribution in [3.05, 3.63) is 48.4 Å². The van der Waals surface area contributed by atoms with E-state index in [1.54, 1.807) is 11.2 Å². The van der Waals surface area contributed by atoms with E-state index in [4.69, 9.17) is 9.47 Å². The predicted molar refractivity (Wildman–Crippen MR) is 123 cm³/mol. The van der Waals surface area contributed by atoms with Gasteiger partial charge in [-0.2, -0.15) is 0 Å². The van der Waals surface area contributed by atoms with Crippen LogP contribution in [0.5, 0.6) is 5.75 Å². The number of amides is 1. The van der Waals surface area contributed by atoms with Gasteiger partial charge in [0.25, 0.3) is 0 Å². The van der Waals surface area contributed by atoms with Crippen molar-refractivity contribution in [3.63, 3.8) is 0 Å². The van der Waals surface area contributed by atoms with Gasteiger partial charge in [-0.25, -0.2) is 14.8 Å². The fourth-order valence-electron chi connectivity index (χ4n) is 3.44. The molecule has 0 spiro atoms. The molecule has 8 nitrogen and oxygen atoms in total. The Bertz CT molecular complexity index is 1130. The number of benzene rings is 1. The maximum atomic E-state index is 12.3. The number of nitrogens with zero attached hydrogens (tertiary/aromatic N) is 4. The number of aromatic nitrogens is 3. The number of hydrogen-bond acceptors (Lipinski definition) is 6. The van der Waals surface area contributed by atoms with Crippen LogP contribution < -0.4 is 9.64 Å². The highest BCUT2D eigenvalue weighted by atomic mass is 16.6. The highest BCUT2D eigenvalue weighted by Crippen LogP contribution is 2.25. The van der Waals surface area contributed by atoms with E-state index in [0.29, 0.717) is 32.8 Å². The smallest absolute Gasteiger partial charge is 0.410 e. The molecule has 1 saturated heterocycles. The lowest BCUT2D eigenvalue weighted by molar-refractivity contribution is 0.0240. The standard InChI is InChI=1S/C24H27N5O3/c1-24(2,3)32-23(30)29-13-11-28(12-14-29)22-20-16-18(27-21(20)25-17-26-22)8-7-15-31-19-9-5-4-6-10-19/h4-6,9-10,16-17H,11-15H2,1-3H3,(H,25,26,27). The monoisotopic (exact) mass is 433 g/mol. The van der Waals surface area contributed by atoms with Crippen LogP contribution in [-0.4, -0.2) is 64.3 Å². The van der Waals surface area contributed by atoms with Crippen LogP contribution in [0.25, 0.3) is 11.0 Å². The van der Waals surface area contributed by atoms with Crippen LogP contribution in [0.4, 0.5) is 10.6 Å². The number of piperazine rings is 1. The summed E-state index contributed by atoms with van der Waals surface area (Å²) in [6, 6.07) is 11.5. The second-order valence-corrected chi connectivity index (χ2v) is 8.50. The van der Waals surface area contributed by atoms with Gasteiger partial charge in [0.05, 0.1) is 11.1 Å². The Morgan fingerprint density at radius 1 is 1.12 bits per heavy atom. The van der Waals surface area contributed by atoms with Crippen LogP contribution in [-0.2, 0) is 4.74 Å². The summed E-state index contributed by atoms with van der Waals surface area (Å²) in [5.74, 6) is 7.74. The lowest BCUT2D eigenvalue weighted by atomic mass is 10.2. The summed E-state index contributed by atoms with van der Waals surface area (Å²) < 4.78 is 11.1. The highest BCUT2D eigenvalue weighted by Gasteiger charge is 2.27. The van der Waals surface area contributed by atoms with Crippen LogP contribution in [0.1, 0.15) is 26.5 Å². The number of aromatic amines is 1. The Balaban J connectivity index is 1.41. The lowest BCUT2D eigenvalue weighted by Crippen LogP contribution is -2.50. The van der Waals surface area contributed by atoms with Crippen molar-refractivity contribution in [3.8, 4) is 17.6 Å². The predicted octanol–water partition coefficient (Wildman–Crippen LogP) is 3.45. The Morgan fingerprint density at radius 2 is 1.88 bits per heavy atom. The van der Waals surface area contributed by atoms with E-state index in [1.165, 1.54) is 0 Å². The quantitative estimate of drug-likeness (QED) is 0.637. The summed E-state index contributed by atoms with van der Waals surface area (Å²) in [6.07, 6.45) is 1.27. The molecule has 0 radical (unpaired) electrons. The maximum absolute atomic E-state index is 12.3. The first-order valence-corrected chi connectivity index (χ1v) is 10.6. The van der Waals surface area contributed by atoms with Gasteiger partial charge < -0.3 is 24.3 Å². The fourth-order valence-corrected chi connectivity index (χ4v) is 3.44. The van der Waals surface area contributed by atoms with Gasteiger partial charge in [0.1, 0.15) is 35.7 Å². The van der Waals surface area contributed by atoms with Crippen molar-refractivity contribution in [2.24, 2.45) is 0 Å². The number of hydrogen-bond donors (Lipinski definition) is 1. The van der Waals surface area contributed by atoms with Gasteiger partial charge in [0.2, 0.25) is 0 Å². The molecule has 1 aliphatic rings. The minimum Gasteiger partial charge on any atom is -0.481 e. The van der Waals surface area contributed by atoms with Crippen LogP contribution >= 0.6 is 0 Å². The lowest BCUT2D eigenvalue weighted by Gasteiger charge is -2.36. The largest absolute Gasteiger partial charge is 0.481 e. The normalized spacial score (nSPS) is 14.1. The van der Waals surface area contributed by atoms with Gasteiger partial charge in [-0.05, 0) is 44.9 Å². The minimum atomic E-state index is -0.498. The SMILES string of the molecule is CC(C)(C)OC(=O)N1CCN(c2ncnc3[nH]c(C#CCOc4ccccc4)cc23)CC1. The van der Waals surface area contributed by atoms with E-state index in [9.17, 15) is 4.79 Å². The summed E-state index contributed by atoms with van der Waals surface area (Å²) in [5.41, 5.74) is 0.991. The average Bonchev–Trinajstić information content (AvgIpc) is 3.19. The summed E-state index contributed by atoms with van der Waals surface area (Å²) >= 11 is 0. The van der Waals surface area contributed by atoms with Crippen LogP contribution in [0.3, 0.4) is 0 Å². The van der Waals surface area contributed by atoms with Crippen molar-refractivity contribution >= 4 is 22.9 Å². The van der Waals surface area contributed by atoms with Crippen molar-refractivity contribution in [1.82, 2.24) is 19.9 Å². The molecule has 32 heavy (non-hydrogen) atoms. The number of carbonyl (C=O) groups is 1. The summed E-state index contributed by atoms with van der Waals surface area (Å²) in [7, 11) is 0. The van der Waals surface area contributed by atoms with E-state index in [1.807, 2.05) is 57.2 Å².